The van der Waals surface area contributed by atoms with Crippen molar-refractivity contribution in [3.8, 4) is 5.75 Å². The predicted molar refractivity (Wildman–Crippen MR) is 122 cm³/mol. The standard InChI is InChI=1S/C25H27NO3Si/c1-28-22-17-15-19(16-18-22)23-25(29-30(2,3)4,20-11-7-5-8-12-20)24(27)26(23)21-13-9-6-10-14-21/h5-18,23H,1-4H3. The first kappa shape index (κ1) is 20.4. The Balaban J connectivity index is 1.91. The van der Waals surface area contributed by atoms with Crippen molar-refractivity contribution >= 4 is 19.9 Å². The average Bonchev–Trinajstić information content (AvgIpc) is 2.76. The van der Waals surface area contributed by atoms with Crippen molar-refractivity contribution in [2.75, 3.05) is 12.0 Å². The largest absolute Gasteiger partial charge is 0.497 e. The molecule has 4 nitrogen and oxygen atoms in total. The molecule has 0 spiro atoms. The molecule has 154 valence electrons. The maximum atomic E-state index is 13.9. The van der Waals surface area contributed by atoms with E-state index in [0.717, 1.165) is 22.6 Å². The summed E-state index contributed by atoms with van der Waals surface area (Å²) in [5.41, 5.74) is 1.73. The van der Waals surface area contributed by atoms with E-state index in [1.54, 1.807) is 7.11 Å². The van der Waals surface area contributed by atoms with Gasteiger partial charge < -0.3 is 9.16 Å². The molecule has 30 heavy (non-hydrogen) atoms. The summed E-state index contributed by atoms with van der Waals surface area (Å²) in [6.45, 7) is 6.38. The Kier molecular flexibility index (Phi) is 5.26. The lowest BCUT2D eigenvalue weighted by molar-refractivity contribution is -0.152. The van der Waals surface area contributed by atoms with Crippen LogP contribution in [0.15, 0.2) is 84.9 Å². The van der Waals surface area contributed by atoms with Crippen LogP contribution < -0.4 is 9.64 Å². The first-order chi connectivity index (χ1) is 14.4. The summed E-state index contributed by atoms with van der Waals surface area (Å²) in [6, 6.07) is 27.3. The zero-order chi connectivity index (χ0) is 21.4. The monoisotopic (exact) mass is 417 g/mol. The van der Waals surface area contributed by atoms with Crippen LogP contribution in [0.25, 0.3) is 0 Å². The minimum absolute atomic E-state index is 0.0249. The molecule has 2 atom stereocenters. The normalized spacial score (nSPS) is 21.3. The lowest BCUT2D eigenvalue weighted by Gasteiger charge is -2.57. The topological polar surface area (TPSA) is 38.8 Å². The second-order valence-corrected chi connectivity index (χ2v) is 12.9. The molecule has 0 aromatic heterocycles. The zero-order valence-corrected chi connectivity index (χ0v) is 18.8. The van der Waals surface area contributed by atoms with Gasteiger partial charge in [-0.05, 0) is 55.0 Å². The van der Waals surface area contributed by atoms with Gasteiger partial charge in [0, 0.05) is 5.69 Å². The number of methoxy groups -OCH3 is 1. The lowest BCUT2D eigenvalue weighted by atomic mass is 9.73. The van der Waals surface area contributed by atoms with Gasteiger partial charge in [0.05, 0.1) is 7.11 Å². The number of para-hydroxylation sites is 1. The van der Waals surface area contributed by atoms with Gasteiger partial charge in [-0.3, -0.25) is 9.69 Å². The Hall–Kier alpha value is -2.89. The highest BCUT2D eigenvalue weighted by atomic mass is 28.4. The Morgan fingerprint density at radius 1 is 0.833 bits per heavy atom. The first-order valence-corrected chi connectivity index (χ1v) is 13.6. The first-order valence-electron chi connectivity index (χ1n) is 10.2. The van der Waals surface area contributed by atoms with Crippen LogP contribution in [-0.2, 0) is 14.8 Å². The summed E-state index contributed by atoms with van der Waals surface area (Å²) in [4.78, 5) is 15.7. The third-order valence-electron chi connectivity index (χ3n) is 5.32. The van der Waals surface area contributed by atoms with Gasteiger partial charge in [0.25, 0.3) is 5.91 Å². The minimum Gasteiger partial charge on any atom is -0.497 e. The lowest BCUT2D eigenvalue weighted by Crippen LogP contribution is -2.69. The fourth-order valence-corrected chi connectivity index (χ4v) is 5.44. The van der Waals surface area contributed by atoms with Crippen LogP contribution in [0.5, 0.6) is 5.75 Å². The molecule has 0 radical (unpaired) electrons. The molecule has 4 rings (SSSR count). The van der Waals surface area contributed by atoms with Gasteiger partial charge in [0.15, 0.2) is 13.9 Å². The van der Waals surface area contributed by atoms with Crippen LogP contribution in [0.1, 0.15) is 17.2 Å². The Bertz CT molecular complexity index is 1020. The number of β-lactam (4-membered cyclic amide) rings is 1. The molecule has 1 amide bonds. The molecule has 3 aromatic carbocycles. The number of carbonyl (C=O) groups is 1. The molecule has 3 aromatic rings. The molecule has 2 unspecified atom stereocenters. The van der Waals surface area contributed by atoms with E-state index >= 15 is 0 Å². The van der Waals surface area contributed by atoms with E-state index in [2.05, 4.69) is 19.6 Å². The van der Waals surface area contributed by atoms with Gasteiger partial charge in [0.1, 0.15) is 11.8 Å². The molecule has 1 fully saturated rings. The van der Waals surface area contributed by atoms with Gasteiger partial charge in [-0.2, -0.15) is 0 Å². The summed E-state index contributed by atoms with van der Waals surface area (Å²) >= 11 is 0. The summed E-state index contributed by atoms with van der Waals surface area (Å²) in [7, 11) is -0.429. The van der Waals surface area contributed by atoms with Gasteiger partial charge in [-0.25, -0.2) is 0 Å². The Morgan fingerprint density at radius 3 is 1.93 bits per heavy atom. The number of hydrogen-bond donors (Lipinski definition) is 0. The van der Waals surface area contributed by atoms with Crippen molar-refractivity contribution < 1.29 is 14.0 Å². The van der Waals surface area contributed by atoms with Crippen molar-refractivity contribution in [3.63, 3.8) is 0 Å². The number of nitrogens with zero attached hydrogens (tertiary/aromatic N) is 1. The van der Waals surface area contributed by atoms with Crippen molar-refractivity contribution in [3.05, 3.63) is 96.1 Å². The molecule has 5 heteroatoms. The van der Waals surface area contributed by atoms with Crippen LogP contribution in [0.2, 0.25) is 19.6 Å². The Morgan fingerprint density at radius 2 is 1.40 bits per heavy atom. The van der Waals surface area contributed by atoms with Crippen molar-refractivity contribution in [2.45, 2.75) is 31.3 Å². The quantitative estimate of drug-likeness (QED) is 0.391. The number of hydrogen-bond acceptors (Lipinski definition) is 3. The molecular weight excluding hydrogens is 390 g/mol. The smallest absolute Gasteiger partial charge is 0.266 e. The third-order valence-corrected chi connectivity index (χ3v) is 6.25. The van der Waals surface area contributed by atoms with Gasteiger partial charge in [0.2, 0.25) is 0 Å². The summed E-state index contributed by atoms with van der Waals surface area (Å²) in [6.07, 6.45) is 0. The molecular formula is C25H27NO3Si. The van der Waals surface area contributed by atoms with Crippen LogP contribution in [0.4, 0.5) is 5.69 Å². The van der Waals surface area contributed by atoms with Crippen molar-refractivity contribution in [1.29, 1.82) is 0 Å². The molecule has 1 saturated heterocycles. The number of benzene rings is 3. The highest BCUT2D eigenvalue weighted by molar-refractivity contribution is 6.70. The number of ether oxygens (including phenoxy) is 1. The third kappa shape index (κ3) is 3.44. The highest BCUT2D eigenvalue weighted by Gasteiger charge is 2.65. The van der Waals surface area contributed by atoms with E-state index in [4.69, 9.17) is 9.16 Å². The molecule has 0 bridgehead atoms. The second-order valence-electron chi connectivity index (χ2n) is 8.50. The molecule has 0 N–H and O–H groups in total. The molecule has 1 heterocycles. The maximum absolute atomic E-state index is 13.9. The van der Waals surface area contributed by atoms with Gasteiger partial charge in [-0.15, -0.1) is 0 Å². The van der Waals surface area contributed by atoms with E-state index in [9.17, 15) is 4.79 Å². The summed E-state index contributed by atoms with van der Waals surface area (Å²) in [5, 5.41) is 0. The molecule has 1 aliphatic heterocycles. The second kappa shape index (κ2) is 7.74. The van der Waals surface area contributed by atoms with Gasteiger partial charge in [-0.1, -0.05) is 60.7 Å². The number of amides is 1. The number of carbonyl (C=O) groups excluding carboxylic acids is 1. The summed E-state index contributed by atoms with van der Waals surface area (Å²) < 4.78 is 12.1. The zero-order valence-electron chi connectivity index (χ0n) is 17.8. The number of rotatable bonds is 6. The predicted octanol–water partition coefficient (Wildman–Crippen LogP) is 5.53. The van der Waals surface area contributed by atoms with E-state index in [0.29, 0.717) is 0 Å². The van der Waals surface area contributed by atoms with Gasteiger partial charge >= 0.3 is 0 Å². The van der Waals surface area contributed by atoms with E-state index in [1.165, 1.54) is 0 Å². The molecule has 0 aliphatic carbocycles. The van der Waals surface area contributed by atoms with Crippen molar-refractivity contribution in [1.82, 2.24) is 0 Å². The summed E-state index contributed by atoms with van der Waals surface area (Å²) in [5.74, 6) is 0.759. The highest BCUT2D eigenvalue weighted by Crippen LogP contribution is 2.55. The van der Waals surface area contributed by atoms with Crippen LogP contribution in [-0.4, -0.2) is 21.3 Å². The van der Waals surface area contributed by atoms with Crippen LogP contribution >= 0.6 is 0 Å². The van der Waals surface area contributed by atoms with E-state index < -0.39 is 13.9 Å². The minimum atomic E-state index is -2.08. The van der Waals surface area contributed by atoms with E-state index in [1.807, 2.05) is 89.8 Å². The molecule has 0 saturated carbocycles. The fourth-order valence-electron chi connectivity index (χ4n) is 4.16. The van der Waals surface area contributed by atoms with Crippen LogP contribution in [0, 0.1) is 0 Å². The number of anilines is 1. The SMILES string of the molecule is COc1ccc(C2N(c3ccccc3)C(=O)C2(O[Si](C)(C)C)c2ccccc2)cc1. The Labute approximate surface area is 179 Å². The van der Waals surface area contributed by atoms with Crippen LogP contribution in [0.3, 0.4) is 0 Å². The maximum Gasteiger partial charge on any atom is 0.266 e. The average molecular weight is 418 g/mol. The van der Waals surface area contributed by atoms with Crippen molar-refractivity contribution in [2.24, 2.45) is 0 Å². The fraction of sp³-hybridized carbons (Fsp3) is 0.240. The molecule has 1 aliphatic rings. The van der Waals surface area contributed by atoms with E-state index in [-0.39, 0.29) is 11.9 Å².